The maximum absolute atomic E-state index is 13.6. The van der Waals surface area contributed by atoms with E-state index in [4.69, 9.17) is 0 Å². The number of carbonyl (C=O) groups is 1. The highest BCUT2D eigenvalue weighted by Crippen LogP contribution is 2.34. The predicted octanol–water partition coefficient (Wildman–Crippen LogP) is 2.26. The van der Waals surface area contributed by atoms with Gasteiger partial charge in [0.25, 0.3) is 5.91 Å². The molecule has 2 heterocycles. The largest absolute Gasteiger partial charge is 0.391 e. The lowest BCUT2D eigenvalue weighted by Crippen LogP contribution is -2.32. The summed E-state index contributed by atoms with van der Waals surface area (Å²) in [7, 11) is 1.75. The van der Waals surface area contributed by atoms with E-state index in [1.807, 2.05) is 0 Å². The number of nitrogens with zero attached hydrogens (tertiary/aromatic N) is 3. The summed E-state index contributed by atoms with van der Waals surface area (Å²) in [6.07, 6.45) is -0.417. The zero-order valence-electron chi connectivity index (χ0n) is 13.8. The Hall–Kier alpha value is -2.28. The minimum Gasteiger partial charge on any atom is -0.391 e. The quantitative estimate of drug-likeness (QED) is 0.916. The van der Waals surface area contributed by atoms with Crippen LogP contribution in [0.4, 0.5) is 8.78 Å². The summed E-state index contributed by atoms with van der Waals surface area (Å²) in [5.41, 5.74) is 2.28. The molecule has 0 bridgehead atoms. The van der Waals surface area contributed by atoms with Crippen LogP contribution < -0.4 is 0 Å². The van der Waals surface area contributed by atoms with Crippen LogP contribution in [-0.4, -0.2) is 38.3 Å². The summed E-state index contributed by atoms with van der Waals surface area (Å²) in [4.78, 5) is 14.5. The normalized spacial score (nSPS) is 20.7. The molecule has 2 aromatic rings. The number of hydrogen-bond donors (Lipinski definition) is 1. The van der Waals surface area contributed by atoms with Crippen LogP contribution in [0.1, 0.15) is 39.8 Å². The molecule has 1 aliphatic rings. The van der Waals surface area contributed by atoms with Gasteiger partial charge < -0.3 is 10.0 Å². The van der Waals surface area contributed by atoms with Crippen LogP contribution in [0.25, 0.3) is 0 Å². The second-order valence-corrected chi connectivity index (χ2v) is 6.21. The molecule has 0 spiro atoms. The van der Waals surface area contributed by atoms with Crippen molar-refractivity contribution in [2.45, 2.75) is 32.4 Å². The first-order chi connectivity index (χ1) is 11.3. The molecule has 1 saturated heterocycles. The Kier molecular flexibility index (Phi) is 4.13. The molecule has 0 radical (unpaired) electrons. The zero-order chi connectivity index (χ0) is 17.6. The molecule has 1 aliphatic heterocycles. The number of β-amino-alcohol motifs (C(OH)–C–C–N with tert-alkyl or cyclic N) is 1. The Morgan fingerprint density at radius 2 is 2.00 bits per heavy atom. The average Bonchev–Trinajstić information content (AvgIpc) is 3.02. The molecule has 1 fully saturated rings. The SMILES string of the molecule is Cc1nn(C)c(C)c1C(=O)N1C[C@H](O)C[C@@H]1c1ccc(F)c(F)c1. The molecule has 3 rings (SSSR count). The summed E-state index contributed by atoms with van der Waals surface area (Å²) in [6, 6.07) is 3.08. The Morgan fingerprint density at radius 3 is 2.58 bits per heavy atom. The van der Waals surface area contributed by atoms with E-state index in [1.54, 1.807) is 25.6 Å². The van der Waals surface area contributed by atoms with E-state index in [0.717, 1.165) is 17.8 Å². The molecule has 7 heteroatoms. The number of hydrogen-bond acceptors (Lipinski definition) is 3. The predicted molar refractivity (Wildman–Crippen MR) is 83.4 cm³/mol. The topological polar surface area (TPSA) is 58.4 Å². The van der Waals surface area contributed by atoms with Crippen LogP contribution in [0.5, 0.6) is 0 Å². The van der Waals surface area contributed by atoms with Gasteiger partial charge in [-0.05, 0) is 38.0 Å². The lowest BCUT2D eigenvalue weighted by Gasteiger charge is -2.25. The molecule has 5 nitrogen and oxygen atoms in total. The van der Waals surface area contributed by atoms with E-state index in [0.29, 0.717) is 16.8 Å². The number of aromatic nitrogens is 2. The van der Waals surface area contributed by atoms with Gasteiger partial charge in [0.05, 0.1) is 23.4 Å². The minimum absolute atomic E-state index is 0.149. The van der Waals surface area contributed by atoms with Gasteiger partial charge in [-0.15, -0.1) is 0 Å². The van der Waals surface area contributed by atoms with Crippen molar-refractivity contribution in [1.82, 2.24) is 14.7 Å². The summed E-state index contributed by atoms with van der Waals surface area (Å²) in [6.45, 7) is 3.70. The molecule has 1 amide bonds. The number of likely N-dealkylation sites (tertiary alicyclic amines) is 1. The van der Waals surface area contributed by atoms with E-state index < -0.39 is 23.8 Å². The molecule has 24 heavy (non-hydrogen) atoms. The fourth-order valence-electron chi connectivity index (χ4n) is 3.30. The van der Waals surface area contributed by atoms with E-state index in [2.05, 4.69) is 5.10 Å². The van der Waals surface area contributed by atoms with Gasteiger partial charge in [0, 0.05) is 19.3 Å². The number of benzene rings is 1. The minimum atomic E-state index is -0.963. The fraction of sp³-hybridized carbons (Fsp3) is 0.412. The Labute approximate surface area is 138 Å². The van der Waals surface area contributed by atoms with Crippen molar-refractivity contribution in [3.8, 4) is 0 Å². The molecule has 1 N–H and O–H groups in total. The van der Waals surface area contributed by atoms with Gasteiger partial charge in [0.15, 0.2) is 11.6 Å². The molecule has 0 unspecified atom stereocenters. The van der Waals surface area contributed by atoms with Crippen molar-refractivity contribution in [3.63, 3.8) is 0 Å². The van der Waals surface area contributed by atoms with Crippen molar-refractivity contribution >= 4 is 5.91 Å². The second kappa shape index (κ2) is 5.98. The molecular formula is C17H19F2N3O2. The summed E-state index contributed by atoms with van der Waals surface area (Å²) in [5.74, 6) is -2.16. The monoisotopic (exact) mass is 335 g/mol. The van der Waals surface area contributed by atoms with Crippen molar-refractivity contribution in [3.05, 3.63) is 52.3 Å². The Bertz CT molecular complexity index is 803. The molecule has 1 aromatic carbocycles. The van der Waals surface area contributed by atoms with Crippen LogP contribution >= 0.6 is 0 Å². The smallest absolute Gasteiger partial charge is 0.258 e. The zero-order valence-corrected chi connectivity index (χ0v) is 13.8. The molecule has 128 valence electrons. The lowest BCUT2D eigenvalue weighted by atomic mass is 10.0. The van der Waals surface area contributed by atoms with Crippen molar-refractivity contribution in [2.24, 2.45) is 7.05 Å². The van der Waals surface area contributed by atoms with Gasteiger partial charge in [0.1, 0.15) is 0 Å². The van der Waals surface area contributed by atoms with E-state index in [1.165, 1.54) is 11.0 Å². The van der Waals surface area contributed by atoms with Crippen molar-refractivity contribution in [2.75, 3.05) is 6.54 Å². The molecule has 0 aliphatic carbocycles. The highest BCUT2D eigenvalue weighted by molar-refractivity contribution is 5.97. The van der Waals surface area contributed by atoms with Gasteiger partial charge in [0.2, 0.25) is 0 Å². The van der Waals surface area contributed by atoms with Crippen LogP contribution in [0.2, 0.25) is 0 Å². The standard InChI is InChI=1S/C17H19F2N3O2/c1-9-16(10(2)21(3)20-9)17(24)22-8-12(23)7-15(22)11-4-5-13(18)14(19)6-11/h4-6,12,15,23H,7-8H2,1-3H3/t12-,15-/m1/s1. The lowest BCUT2D eigenvalue weighted by molar-refractivity contribution is 0.0714. The van der Waals surface area contributed by atoms with E-state index >= 15 is 0 Å². The number of amides is 1. The van der Waals surface area contributed by atoms with E-state index in [9.17, 15) is 18.7 Å². The van der Waals surface area contributed by atoms with Crippen molar-refractivity contribution < 1.29 is 18.7 Å². The maximum atomic E-state index is 13.6. The number of aliphatic hydroxyl groups is 1. The number of aliphatic hydroxyl groups excluding tert-OH is 1. The fourth-order valence-corrected chi connectivity index (χ4v) is 3.30. The van der Waals surface area contributed by atoms with Crippen LogP contribution in [-0.2, 0) is 7.05 Å². The van der Waals surface area contributed by atoms with Gasteiger partial charge in [-0.25, -0.2) is 8.78 Å². The molecular weight excluding hydrogens is 316 g/mol. The third kappa shape index (κ3) is 2.69. The van der Waals surface area contributed by atoms with Crippen LogP contribution in [0.15, 0.2) is 18.2 Å². The Morgan fingerprint density at radius 1 is 1.29 bits per heavy atom. The highest BCUT2D eigenvalue weighted by atomic mass is 19.2. The summed E-state index contributed by atoms with van der Waals surface area (Å²) < 4.78 is 28.4. The average molecular weight is 335 g/mol. The third-order valence-corrected chi connectivity index (χ3v) is 4.59. The number of rotatable bonds is 2. The van der Waals surface area contributed by atoms with Crippen LogP contribution in [0, 0.1) is 25.5 Å². The Balaban J connectivity index is 1.98. The number of halogens is 2. The van der Waals surface area contributed by atoms with Crippen LogP contribution in [0.3, 0.4) is 0 Å². The summed E-state index contributed by atoms with van der Waals surface area (Å²) >= 11 is 0. The van der Waals surface area contributed by atoms with Gasteiger partial charge in [-0.3, -0.25) is 9.48 Å². The van der Waals surface area contributed by atoms with Crippen molar-refractivity contribution in [1.29, 1.82) is 0 Å². The van der Waals surface area contributed by atoms with Gasteiger partial charge in [-0.2, -0.15) is 5.10 Å². The van der Waals surface area contributed by atoms with Gasteiger partial charge in [-0.1, -0.05) is 6.07 Å². The molecule has 1 aromatic heterocycles. The number of carbonyl (C=O) groups excluding carboxylic acids is 1. The molecule has 0 saturated carbocycles. The maximum Gasteiger partial charge on any atom is 0.258 e. The van der Waals surface area contributed by atoms with E-state index in [-0.39, 0.29) is 18.9 Å². The third-order valence-electron chi connectivity index (χ3n) is 4.59. The first-order valence-corrected chi connectivity index (χ1v) is 7.73. The first-order valence-electron chi connectivity index (χ1n) is 7.73. The molecule has 2 atom stereocenters. The highest BCUT2D eigenvalue weighted by Gasteiger charge is 2.37. The second-order valence-electron chi connectivity index (χ2n) is 6.21. The van der Waals surface area contributed by atoms with Gasteiger partial charge >= 0.3 is 0 Å². The summed E-state index contributed by atoms with van der Waals surface area (Å²) in [5, 5.41) is 14.3. The number of aryl methyl sites for hydroxylation is 2. The first kappa shape index (κ1) is 16.6.